The number of fused-ring (bicyclic) bond motifs is 2. The largest absolute Gasteiger partial charge is 0.453 e. The van der Waals surface area contributed by atoms with E-state index in [1.54, 1.807) is 30.1 Å². The van der Waals surface area contributed by atoms with Crippen LogP contribution in [0.5, 0.6) is 0 Å². The molecule has 0 atom stereocenters. The molecule has 0 spiro atoms. The smallest absolute Gasteiger partial charge is 0.348 e. The van der Waals surface area contributed by atoms with Crippen molar-refractivity contribution in [2.24, 2.45) is 0 Å². The molecule has 0 saturated carbocycles. The number of ether oxygens (including phenoxy) is 1. The van der Waals surface area contributed by atoms with Gasteiger partial charge in [0.05, 0.1) is 6.42 Å². The molecular weight excluding hydrogens is 350 g/mol. The van der Waals surface area contributed by atoms with Gasteiger partial charge in [-0.15, -0.1) is 11.3 Å². The average Bonchev–Trinajstić information content (AvgIpc) is 3.20. The quantitative estimate of drug-likeness (QED) is 0.613. The molecule has 2 aromatic rings. The Morgan fingerprint density at radius 2 is 1.96 bits per heavy atom. The van der Waals surface area contributed by atoms with Gasteiger partial charge in [0, 0.05) is 23.2 Å². The van der Waals surface area contributed by atoms with E-state index in [-0.39, 0.29) is 18.3 Å². The summed E-state index contributed by atoms with van der Waals surface area (Å²) in [6.07, 6.45) is 4.66. The Morgan fingerprint density at radius 1 is 1.15 bits per heavy atom. The first-order valence-electron chi connectivity index (χ1n) is 8.74. The number of likely N-dealkylation sites (N-methyl/N-ethyl adjacent to an activating group) is 1. The number of hydrogen-bond donors (Lipinski definition) is 0. The molecule has 134 valence electrons. The molecule has 2 heterocycles. The van der Waals surface area contributed by atoms with E-state index >= 15 is 0 Å². The van der Waals surface area contributed by atoms with Crippen LogP contribution in [-0.2, 0) is 28.8 Å². The lowest BCUT2D eigenvalue weighted by molar-refractivity contribution is -0.117. The Bertz CT molecular complexity index is 891. The maximum absolute atomic E-state index is 12.4. The summed E-state index contributed by atoms with van der Waals surface area (Å²) >= 11 is 1.48. The Labute approximate surface area is 155 Å². The third-order valence-electron chi connectivity index (χ3n) is 5.01. The highest BCUT2D eigenvalue weighted by Crippen LogP contribution is 2.30. The minimum atomic E-state index is -0.436. The van der Waals surface area contributed by atoms with Crippen LogP contribution in [0.25, 0.3) is 0 Å². The number of amides is 1. The van der Waals surface area contributed by atoms with Crippen molar-refractivity contribution in [3.05, 3.63) is 50.7 Å². The lowest BCUT2D eigenvalue weighted by Crippen LogP contribution is -2.20. The summed E-state index contributed by atoms with van der Waals surface area (Å²) in [6.45, 7) is -0.288. The summed E-state index contributed by atoms with van der Waals surface area (Å²) in [5.74, 6) is -0.684. The van der Waals surface area contributed by atoms with Gasteiger partial charge in [0.25, 0.3) is 0 Å². The van der Waals surface area contributed by atoms with Gasteiger partial charge in [0.2, 0.25) is 5.91 Å². The highest BCUT2D eigenvalue weighted by Gasteiger charge is 2.25. The van der Waals surface area contributed by atoms with Gasteiger partial charge < -0.3 is 9.64 Å². The fourth-order valence-corrected chi connectivity index (χ4v) is 4.67. The first-order valence-corrected chi connectivity index (χ1v) is 9.56. The summed E-state index contributed by atoms with van der Waals surface area (Å²) in [5.41, 5.74) is 3.37. The number of benzene rings is 1. The van der Waals surface area contributed by atoms with Crippen LogP contribution in [0.3, 0.4) is 0 Å². The third kappa shape index (κ3) is 3.05. The van der Waals surface area contributed by atoms with Gasteiger partial charge in [-0.2, -0.15) is 0 Å². The fourth-order valence-electron chi connectivity index (χ4n) is 3.52. The van der Waals surface area contributed by atoms with E-state index in [0.717, 1.165) is 36.9 Å². The molecule has 5 nitrogen and oxygen atoms in total. The summed E-state index contributed by atoms with van der Waals surface area (Å²) in [7, 11) is 1.72. The highest BCUT2D eigenvalue weighted by atomic mass is 32.1. The van der Waals surface area contributed by atoms with Crippen LogP contribution >= 0.6 is 11.3 Å². The van der Waals surface area contributed by atoms with E-state index in [1.165, 1.54) is 21.8 Å². The molecular formula is C20H19NO4S. The van der Waals surface area contributed by atoms with Crippen LogP contribution in [0.4, 0.5) is 5.69 Å². The van der Waals surface area contributed by atoms with Crippen LogP contribution in [-0.4, -0.2) is 31.3 Å². The molecule has 0 fully saturated rings. The SMILES string of the molecule is CN1C(=O)Cc2cc(C(=O)COC(=O)c3cc4c(s3)CCCC4)ccc21. The molecule has 0 unspecified atom stereocenters. The van der Waals surface area contributed by atoms with Gasteiger partial charge in [-0.3, -0.25) is 9.59 Å². The first-order chi connectivity index (χ1) is 12.5. The lowest BCUT2D eigenvalue weighted by Gasteiger charge is -2.10. The summed E-state index contributed by atoms with van der Waals surface area (Å²) in [4.78, 5) is 39.8. The maximum Gasteiger partial charge on any atom is 0.348 e. The van der Waals surface area contributed by atoms with Crippen molar-refractivity contribution in [1.82, 2.24) is 0 Å². The van der Waals surface area contributed by atoms with Gasteiger partial charge in [-0.05, 0) is 61.1 Å². The average molecular weight is 369 g/mol. The summed E-state index contributed by atoms with van der Waals surface area (Å²) in [5, 5.41) is 0. The number of aryl methyl sites for hydroxylation is 2. The van der Waals surface area contributed by atoms with Crippen molar-refractivity contribution in [2.45, 2.75) is 32.1 Å². The molecule has 1 aromatic carbocycles. The van der Waals surface area contributed by atoms with Crippen LogP contribution in [0, 0.1) is 0 Å². The van der Waals surface area contributed by atoms with E-state index in [4.69, 9.17) is 4.74 Å². The molecule has 0 bridgehead atoms. The Hall–Kier alpha value is -2.47. The molecule has 6 heteroatoms. The zero-order valence-corrected chi connectivity index (χ0v) is 15.4. The monoisotopic (exact) mass is 369 g/mol. The number of Topliss-reactive ketones (excluding diaryl/α,β-unsaturated/α-hetero) is 1. The molecule has 1 aliphatic heterocycles. The van der Waals surface area contributed by atoms with E-state index in [1.807, 2.05) is 6.07 Å². The minimum Gasteiger partial charge on any atom is -0.453 e. The second-order valence-corrected chi connectivity index (χ2v) is 7.88. The Balaban J connectivity index is 1.41. The molecule has 26 heavy (non-hydrogen) atoms. The van der Waals surface area contributed by atoms with E-state index in [0.29, 0.717) is 16.9 Å². The van der Waals surface area contributed by atoms with Gasteiger partial charge in [-0.1, -0.05) is 0 Å². The maximum atomic E-state index is 12.4. The van der Waals surface area contributed by atoms with Crippen molar-refractivity contribution in [2.75, 3.05) is 18.6 Å². The molecule has 0 radical (unpaired) electrons. The molecule has 0 saturated heterocycles. The number of rotatable bonds is 4. The van der Waals surface area contributed by atoms with E-state index in [2.05, 4.69) is 0 Å². The topological polar surface area (TPSA) is 63.7 Å². The normalized spacial score (nSPS) is 15.6. The first kappa shape index (κ1) is 17.0. The Kier molecular flexibility index (Phi) is 4.36. The second-order valence-electron chi connectivity index (χ2n) is 6.74. The number of ketones is 1. The van der Waals surface area contributed by atoms with E-state index < -0.39 is 5.97 Å². The number of carbonyl (C=O) groups excluding carboxylic acids is 3. The summed E-state index contributed by atoms with van der Waals surface area (Å²) < 4.78 is 5.23. The predicted molar refractivity (Wildman–Crippen MR) is 99.1 cm³/mol. The van der Waals surface area contributed by atoms with Gasteiger partial charge in [-0.25, -0.2) is 4.79 Å². The second kappa shape index (κ2) is 6.68. The van der Waals surface area contributed by atoms with Crippen LogP contribution in [0.15, 0.2) is 24.3 Å². The zero-order valence-electron chi connectivity index (χ0n) is 14.5. The minimum absolute atomic E-state index is 0.0117. The summed E-state index contributed by atoms with van der Waals surface area (Å²) in [6, 6.07) is 7.07. The van der Waals surface area contributed by atoms with Gasteiger partial charge in [0.1, 0.15) is 4.88 Å². The van der Waals surface area contributed by atoms with Gasteiger partial charge in [0.15, 0.2) is 12.4 Å². The number of esters is 1. The van der Waals surface area contributed by atoms with Crippen molar-refractivity contribution in [3.8, 4) is 0 Å². The molecule has 1 aromatic heterocycles. The predicted octanol–water partition coefficient (Wildman–Crippen LogP) is 3.19. The molecule has 4 rings (SSSR count). The number of carbonyl (C=O) groups is 3. The third-order valence-corrected chi connectivity index (χ3v) is 6.23. The standard InChI is InChI=1S/C20H19NO4S/c1-21-15-7-6-12(8-14(15)10-19(21)23)16(22)11-25-20(24)18-9-13-4-2-3-5-17(13)26-18/h6-9H,2-5,10-11H2,1H3. The van der Waals surface area contributed by atoms with Crippen LogP contribution < -0.4 is 4.90 Å². The number of hydrogen-bond acceptors (Lipinski definition) is 5. The van der Waals surface area contributed by atoms with Crippen molar-refractivity contribution in [1.29, 1.82) is 0 Å². The fraction of sp³-hybridized carbons (Fsp3) is 0.350. The number of thiophene rings is 1. The number of nitrogens with zero attached hydrogens (tertiary/aromatic N) is 1. The van der Waals surface area contributed by atoms with Crippen molar-refractivity contribution in [3.63, 3.8) is 0 Å². The van der Waals surface area contributed by atoms with Gasteiger partial charge >= 0.3 is 5.97 Å². The number of anilines is 1. The Morgan fingerprint density at radius 3 is 2.77 bits per heavy atom. The molecule has 0 N–H and O–H groups in total. The highest BCUT2D eigenvalue weighted by molar-refractivity contribution is 7.14. The van der Waals surface area contributed by atoms with E-state index in [9.17, 15) is 14.4 Å². The zero-order chi connectivity index (χ0) is 18.3. The molecule has 1 aliphatic carbocycles. The molecule has 2 aliphatic rings. The van der Waals surface area contributed by atoms with Crippen LogP contribution in [0.2, 0.25) is 0 Å². The van der Waals surface area contributed by atoms with Crippen LogP contribution in [0.1, 0.15) is 48.9 Å². The lowest BCUT2D eigenvalue weighted by atomic mass is 9.99. The van der Waals surface area contributed by atoms with Crippen molar-refractivity contribution >= 4 is 34.7 Å². The van der Waals surface area contributed by atoms with Crippen molar-refractivity contribution < 1.29 is 19.1 Å². The molecule has 1 amide bonds.